The molecule has 4 nitrogen and oxygen atoms in total. The first-order chi connectivity index (χ1) is 8.82. The number of nitrogens with one attached hydrogen (secondary N) is 1. The zero-order valence-electron chi connectivity index (χ0n) is 10.6. The van der Waals surface area contributed by atoms with Crippen LogP contribution in [0, 0.1) is 11.7 Å². The van der Waals surface area contributed by atoms with Crippen LogP contribution in [0.5, 0.6) is 0 Å². The van der Waals surface area contributed by atoms with Gasteiger partial charge in [-0.05, 0) is 18.1 Å². The lowest BCUT2D eigenvalue weighted by atomic mass is 10.0. The van der Waals surface area contributed by atoms with E-state index in [0.29, 0.717) is 0 Å². The van der Waals surface area contributed by atoms with Crippen molar-refractivity contribution in [3.05, 3.63) is 34.6 Å². The Labute approximate surface area is 115 Å². The largest absolute Gasteiger partial charge is 0.481 e. The van der Waals surface area contributed by atoms with Gasteiger partial charge in [-0.15, -0.1) is 0 Å². The van der Waals surface area contributed by atoms with Crippen molar-refractivity contribution in [3.63, 3.8) is 0 Å². The van der Waals surface area contributed by atoms with Gasteiger partial charge in [0.15, 0.2) is 0 Å². The van der Waals surface area contributed by atoms with E-state index in [4.69, 9.17) is 16.7 Å². The maximum Gasteiger partial charge on any atom is 0.305 e. The van der Waals surface area contributed by atoms with Crippen molar-refractivity contribution in [2.24, 2.45) is 5.92 Å². The average molecular weight is 288 g/mol. The van der Waals surface area contributed by atoms with Gasteiger partial charge in [0.2, 0.25) is 0 Å². The van der Waals surface area contributed by atoms with Gasteiger partial charge in [0.25, 0.3) is 5.91 Å². The molecule has 19 heavy (non-hydrogen) atoms. The number of hydrogen-bond donors (Lipinski definition) is 2. The first-order valence-corrected chi connectivity index (χ1v) is 6.17. The third-order valence-electron chi connectivity index (χ3n) is 2.71. The van der Waals surface area contributed by atoms with Crippen molar-refractivity contribution in [2.75, 3.05) is 0 Å². The van der Waals surface area contributed by atoms with Crippen molar-refractivity contribution in [1.29, 1.82) is 0 Å². The van der Waals surface area contributed by atoms with Crippen LogP contribution in [0.3, 0.4) is 0 Å². The molecule has 0 heterocycles. The Morgan fingerprint density at radius 3 is 2.53 bits per heavy atom. The van der Waals surface area contributed by atoms with Crippen LogP contribution in [0.2, 0.25) is 5.02 Å². The summed E-state index contributed by atoms with van der Waals surface area (Å²) in [6.45, 7) is 3.55. The molecule has 1 atom stereocenters. The van der Waals surface area contributed by atoms with E-state index in [1.165, 1.54) is 12.1 Å². The average Bonchev–Trinajstić information content (AvgIpc) is 2.27. The van der Waals surface area contributed by atoms with Crippen LogP contribution in [0.1, 0.15) is 30.6 Å². The third-order valence-corrected chi connectivity index (χ3v) is 3.02. The van der Waals surface area contributed by atoms with Crippen LogP contribution >= 0.6 is 11.6 Å². The molecule has 2 N–H and O–H groups in total. The molecule has 1 rings (SSSR count). The maximum absolute atomic E-state index is 13.6. The molecule has 0 aliphatic carbocycles. The number of carbonyl (C=O) groups is 2. The van der Waals surface area contributed by atoms with E-state index in [-0.39, 0.29) is 22.9 Å². The summed E-state index contributed by atoms with van der Waals surface area (Å²) in [5.74, 6) is -2.56. The van der Waals surface area contributed by atoms with Gasteiger partial charge in [-0.2, -0.15) is 0 Å². The first kappa shape index (κ1) is 15.4. The molecule has 0 aliphatic rings. The number of amides is 1. The molecule has 0 aliphatic heterocycles. The second-order valence-corrected chi connectivity index (χ2v) is 4.93. The summed E-state index contributed by atoms with van der Waals surface area (Å²) in [5.41, 5.74) is -0.264. The van der Waals surface area contributed by atoms with E-state index in [2.05, 4.69) is 5.32 Å². The Morgan fingerprint density at radius 1 is 1.42 bits per heavy atom. The van der Waals surface area contributed by atoms with E-state index < -0.39 is 23.7 Å². The predicted molar refractivity (Wildman–Crippen MR) is 69.8 cm³/mol. The van der Waals surface area contributed by atoms with E-state index >= 15 is 0 Å². The van der Waals surface area contributed by atoms with Gasteiger partial charge in [-0.1, -0.05) is 31.5 Å². The molecule has 0 spiro atoms. The van der Waals surface area contributed by atoms with Crippen molar-refractivity contribution in [3.8, 4) is 0 Å². The highest BCUT2D eigenvalue weighted by molar-refractivity contribution is 6.33. The lowest BCUT2D eigenvalue weighted by molar-refractivity contribution is -0.137. The first-order valence-electron chi connectivity index (χ1n) is 5.79. The van der Waals surface area contributed by atoms with Crippen LogP contribution in [0.4, 0.5) is 4.39 Å². The molecule has 0 bridgehead atoms. The second-order valence-electron chi connectivity index (χ2n) is 4.52. The Morgan fingerprint density at radius 2 is 2.05 bits per heavy atom. The van der Waals surface area contributed by atoms with Gasteiger partial charge in [0, 0.05) is 6.04 Å². The normalized spacial score (nSPS) is 12.3. The number of benzene rings is 1. The van der Waals surface area contributed by atoms with Crippen LogP contribution < -0.4 is 5.32 Å². The molecular weight excluding hydrogens is 273 g/mol. The van der Waals surface area contributed by atoms with Crippen LogP contribution in [0.25, 0.3) is 0 Å². The summed E-state index contributed by atoms with van der Waals surface area (Å²) in [5, 5.41) is 11.3. The SMILES string of the molecule is CC(C)C(CC(=O)O)NC(=O)c1c(F)cccc1Cl. The Hall–Kier alpha value is -1.62. The second kappa shape index (κ2) is 6.52. The number of halogens is 2. The fourth-order valence-corrected chi connectivity index (χ4v) is 1.85. The number of hydrogen-bond acceptors (Lipinski definition) is 2. The standard InChI is InChI=1S/C13H15ClFNO3/c1-7(2)10(6-11(17)18)16-13(19)12-8(14)4-3-5-9(12)15/h3-5,7,10H,6H2,1-2H3,(H,16,19)(H,17,18). The van der Waals surface area contributed by atoms with Crippen molar-refractivity contribution >= 4 is 23.5 Å². The molecule has 0 aromatic heterocycles. The summed E-state index contributed by atoms with van der Waals surface area (Å²) >= 11 is 5.78. The van der Waals surface area contributed by atoms with E-state index in [9.17, 15) is 14.0 Å². The Balaban J connectivity index is 2.91. The van der Waals surface area contributed by atoms with Gasteiger partial charge in [-0.25, -0.2) is 4.39 Å². The Bertz CT molecular complexity index is 471. The molecule has 0 saturated carbocycles. The van der Waals surface area contributed by atoms with Crippen molar-refractivity contribution in [2.45, 2.75) is 26.3 Å². The van der Waals surface area contributed by atoms with Crippen molar-refractivity contribution < 1.29 is 19.1 Å². The zero-order chi connectivity index (χ0) is 14.6. The van der Waals surface area contributed by atoms with Crippen LogP contribution in [-0.4, -0.2) is 23.0 Å². The molecule has 0 fully saturated rings. The number of carboxylic acids is 1. The summed E-state index contributed by atoms with van der Waals surface area (Å²) in [6, 6.07) is 3.34. The highest BCUT2D eigenvalue weighted by Crippen LogP contribution is 2.19. The van der Waals surface area contributed by atoms with Crippen molar-refractivity contribution in [1.82, 2.24) is 5.32 Å². The molecule has 1 aromatic rings. The highest BCUT2D eigenvalue weighted by atomic mass is 35.5. The minimum atomic E-state index is -1.03. The fourth-order valence-electron chi connectivity index (χ4n) is 1.60. The van der Waals surface area contributed by atoms with E-state index in [1.54, 1.807) is 13.8 Å². The van der Waals surface area contributed by atoms with Gasteiger partial charge < -0.3 is 10.4 Å². The monoisotopic (exact) mass is 287 g/mol. The Kier molecular flexibility index (Phi) is 5.30. The molecule has 1 amide bonds. The van der Waals surface area contributed by atoms with Gasteiger partial charge in [0.1, 0.15) is 5.82 Å². The molecule has 0 saturated heterocycles. The summed E-state index contributed by atoms with van der Waals surface area (Å²) < 4.78 is 13.6. The topological polar surface area (TPSA) is 66.4 Å². The number of carboxylic acid groups (broad SMARTS) is 1. The smallest absolute Gasteiger partial charge is 0.305 e. The third kappa shape index (κ3) is 4.21. The van der Waals surface area contributed by atoms with E-state index in [1.807, 2.05) is 0 Å². The summed E-state index contributed by atoms with van der Waals surface area (Å²) in [7, 11) is 0. The number of rotatable bonds is 5. The zero-order valence-corrected chi connectivity index (χ0v) is 11.4. The number of aliphatic carboxylic acids is 1. The minimum Gasteiger partial charge on any atom is -0.481 e. The van der Waals surface area contributed by atoms with Gasteiger partial charge in [-0.3, -0.25) is 9.59 Å². The molecule has 1 unspecified atom stereocenters. The molecule has 104 valence electrons. The minimum absolute atomic E-state index is 0.00432. The lowest BCUT2D eigenvalue weighted by Crippen LogP contribution is -2.40. The molecule has 1 aromatic carbocycles. The maximum atomic E-state index is 13.6. The van der Waals surface area contributed by atoms with Gasteiger partial charge in [0.05, 0.1) is 17.0 Å². The lowest BCUT2D eigenvalue weighted by Gasteiger charge is -2.21. The summed E-state index contributed by atoms with van der Waals surface area (Å²) in [6.07, 6.45) is -0.227. The van der Waals surface area contributed by atoms with Crippen LogP contribution in [-0.2, 0) is 4.79 Å². The predicted octanol–water partition coefficient (Wildman–Crippen LogP) is 2.71. The fraction of sp³-hybridized carbons (Fsp3) is 0.385. The molecule has 6 heteroatoms. The van der Waals surface area contributed by atoms with Crippen LogP contribution in [0.15, 0.2) is 18.2 Å². The quantitative estimate of drug-likeness (QED) is 0.875. The molecule has 0 radical (unpaired) electrons. The number of carbonyl (C=O) groups excluding carboxylic acids is 1. The summed E-state index contributed by atoms with van der Waals surface area (Å²) in [4.78, 5) is 22.7. The van der Waals surface area contributed by atoms with Gasteiger partial charge >= 0.3 is 5.97 Å². The van der Waals surface area contributed by atoms with E-state index in [0.717, 1.165) is 6.07 Å². The highest BCUT2D eigenvalue weighted by Gasteiger charge is 2.23. The molecular formula is C13H15ClFNO3.